The molecule has 3 heteroatoms. The van der Waals surface area contributed by atoms with Crippen molar-refractivity contribution in [2.75, 3.05) is 28.3 Å². The van der Waals surface area contributed by atoms with E-state index in [1.807, 2.05) is 26.0 Å². The van der Waals surface area contributed by atoms with Crippen molar-refractivity contribution in [2.24, 2.45) is 0 Å². The van der Waals surface area contributed by atoms with E-state index in [0.29, 0.717) is 5.57 Å². The van der Waals surface area contributed by atoms with Gasteiger partial charge in [0.15, 0.2) is 0 Å². The molecular weight excluding hydrogens is 154 g/mol. The summed E-state index contributed by atoms with van der Waals surface area (Å²) in [5.74, 6) is -0.257. The molecule has 12 heavy (non-hydrogen) atoms. The van der Waals surface area contributed by atoms with Crippen LogP contribution in [-0.4, -0.2) is 39.1 Å². The summed E-state index contributed by atoms with van der Waals surface area (Å²) in [6, 6.07) is 0. The summed E-state index contributed by atoms with van der Waals surface area (Å²) in [5, 5.41) is 0. The Morgan fingerprint density at radius 2 is 1.67 bits per heavy atom. The number of carbonyl (C=O) groups excluding carboxylic acids is 1. The molecule has 0 aromatic carbocycles. The third kappa shape index (κ3) is 11.9. The third-order valence-corrected chi connectivity index (χ3v) is 0.940. The number of carbonyl (C=O) groups is 1. The lowest BCUT2D eigenvalue weighted by Crippen LogP contribution is -2.00. The van der Waals surface area contributed by atoms with Crippen LogP contribution in [0.15, 0.2) is 11.6 Å². The molecule has 0 atom stereocenters. The van der Waals surface area contributed by atoms with E-state index in [1.165, 1.54) is 7.11 Å². The van der Waals surface area contributed by atoms with Crippen LogP contribution in [0.1, 0.15) is 13.8 Å². The zero-order valence-electron chi connectivity index (χ0n) is 8.84. The molecule has 0 N–H and O–H groups in total. The molecular formula is C9H19NO2. The number of ether oxygens (including phenoxy) is 1. The van der Waals surface area contributed by atoms with Crippen LogP contribution in [0.3, 0.4) is 0 Å². The van der Waals surface area contributed by atoms with Crippen LogP contribution in [0.4, 0.5) is 0 Å². The van der Waals surface area contributed by atoms with Crippen molar-refractivity contribution in [2.45, 2.75) is 13.8 Å². The molecule has 0 aromatic rings. The van der Waals surface area contributed by atoms with Crippen molar-refractivity contribution in [1.82, 2.24) is 4.90 Å². The summed E-state index contributed by atoms with van der Waals surface area (Å²) in [5.41, 5.74) is 0.646. The first-order valence-electron chi connectivity index (χ1n) is 3.77. The Morgan fingerprint density at radius 1 is 1.33 bits per heavy atom. The average Bonchev–Trinajstić information content (AvgIpc) is 2.00. The summed E-state index contributed by atoms with van der Waals surface area (Å²) in [6.45, 7) is 3.51. The summed E-state index contributed by atoms with van der Waals surface area (Å²) in [6.07, 6.45) is 1.71. The van der Waals surface area contributed by atoms with Gasteiger partial charge in [0.05, 0.1) is 7.11 Å². The second kappa shape index (κ2) is 8.27. The third-order valence-electron chi connectivity index (χ3n) is 0.940. The fraction of sp³-hybridized carbons (Fsp3) is 0.667. The molecule has 0 aliphatic rings. The first-order valence-corrected chi connectivity index (χ1v) is 3.77. The minimum absolute atomic E-state index is 0.257. The molecule has 0 amide bonds. The van der Waals surface area contributed by atoms with Gasteiger partial charge in [-0.15, -0.1) is 0 Å². The maximum Gasteiger partial charge on any atom is 0.333 e. The lowest BCUT2D eigenvalue weighted by atomic mass is 10.3. The topological polar surface area (TPSA) is 29.5 Å². The number of esters is 1. The Bertz CT molecular complexity index is 148. The van der Waals surface area contributed by atoms with Gasteiger partial charge >= 0.3 is 5.97 Å². The predicted molar refractivity (Wildman–Crippen MR) is 51.1 cm³/mol. The van der Waals surface area contributed by atoms with Crippen molar-refractivity contribution in [1.29, 1.82) is 0 Å². The first kappa shape index (κ1) is 13.7. The van der Waals surface area contributed by atoms with Gasteiger partial charge in [0.25, 0.3) is 0 Å². The van der Waals surface area contributed by atoms with E-state index in [9.17, 15) is 4.79 Å². The Kier molecular flexibility index (Phi) is 9.47. The lowest BCUT2D eigenvalue weighted by Gasteiger charge is -1.93. The molecule has 0 radical (unpaired) electrons. The van der Waals surface area contributed by atoms with E-state index >= 15 is 0 Å². The van der Waals surface area contributed by atoms with Crippen molar-refractivity contribution in [3.63, 3.8) is 0 Å². The molecule has 0 bridgehead atoms. The Hall–Kier alpha value is -0.830. The van der Waals surface area contributed by atoms with Gasteiger partial charge in [0, 0.05) is 5.57 Å². The van der Waals surface area contributed by atoms with Gasteiger partial charge in [0.1, 0.15) is 0 Å². The fourth-order valence-electron chi connectivity index (χ4n) is 0.279. The predicted octanol–water partition coefficient (Wildman–Crippen LogP) is 1.30. The van der Waals surface area contributed by atoms with Crippen molar-refractivity contribution >= 4 is 5.97 Å². The number of hydrogen-bond donors (Lipinski definition) is 0. The highest BCUT2D eigenvalue weighted by molar-refractivity contribution is 5.87. The highest BCUT2D eigenvalue weighted by Gasteiger charge is 1.98. The molecule has 0 aromatic heterocycles. The van der Waals surface area contributed by atoms with E-state index < -0.39 is 0 Å². The first-order chi connectivity index (χ1) is 5.45. The highest BCUT2D eigenvalue weighted by atomic mass is 16.5. The lowest BCUT2D eigenvalue weighted by molar-refractivity contribution is -0.136. The molecule has 3 nitrogen and oxygen atoms in total. The van der Waals surface area contributed by atoms with Gasteiger partial charge in [-0.3, -0.25) is 0 Å². The van der Waals surface area contributed by atoms with Gasteiger partial charge in [-0.1, -0.05) is 6.08 Å². The van der Waals surface area contributed by atoms with Crippen molar-refractivity contribution in [3.05, 3.63) is 11.6 Å². The Balaban J connectivity index is 0. The molecule has 0 spiro atoms. The van der Waals surface area contributed by atoms with Crippen LogP contribution in [-0.2, 0) is 9.53 Å². The number of rotatable bonds is 1. The van der Waals surface area contributed by atoms with Gasteiger partial charge < -0.3 is 9.64 Å². The van der Waals surface area contributed by atoms with Crippen LogP contribution < -0.4 is 0 Å². The average molecular weight is 173 g/mol. The summed E-state index contributed by atoms with van der Waals surface area (Å²) in [4.78, 5) is 12.5. The molecule has 0 saturated carbocycles. The SMILES string of the molecule is CC=C(C)C(=O)OC.CN(C)C. The second-order valence-corrected chi connectivity index (χ2v) is 2.80. The number of allylic oxidation sites excluding steroid dienone is 1. The molecule has 72 valence electrons. The van der Waals surface area contributed by atoms with Crippen LogP contribution >= 0.6 is 0 Å². The van der Waals surface area contributed by atoms with E-state index in [4.69, 9.17) is 0 Å². The van der Waals surface area contributed by atoms with Gasteiger partial charge in [0.2, 0.25) is 0 Å². The van der Waals surface area contributed by atoms with Crippen molar-refractivity contribution < 1.29 is 9.53 Å². The molecule has 0 unspecified atom stereocenters. The molecule has 0 fully saturated rings. The molecule has 0 aliphatic carbocycles. The van der Waals surface area contributed by atoms with Crippen LogP contribution in [0.25, 0.3) is 0 Å². The van der Waals surface area contributed by atoms with Gasteiger partial charge in [-0.2, -0.15) is 0 Å². The molecule has 0 saturated heterocycles. The number of nitrogens with zero attached hydrogens (tertiary/aromatic N) is 1. The zero-order valence-corrected chi connectivity index (χ0v) is 8.84. The Labute approximate surface area is 75.0 Å². The molecule has 0 rings (SSSR count). The Morgan fingerprint density at radius 3 is 1.75 bits per heavy atom. The minimum atomic E-state index is -0.257. The van der Waals surface area contributed by atoms with Gasteiger partial charge in [-0.05, 0) is 35.0 Å². The van der Waals surface area contributed by atoms with Gasteiger partial charge in [-0.25, -0.2) is 4.79 Å². The summed E-state index contributed by atoms with van der Waals surface area (Å²) < 4.78 is 4.40. The van der Waals surface area contributed by atoms with Crippen LogP contribution in [0.5, 0.6) is 0 Å². The second-order valence-electron chi connectivity index (χ2n) is 2.80. The normalized spacial score (nSPS) is 10.4. The smallest absolute Gasteiger partial charge is 0.333 e. The zero-order chi connectivity index (χ0) is 10.1. The fourth-order valence-corrected chi connectivity index (χ4v) is 0.279. The molecule has 0 aliphatic heterocycles. The van der Waals surface area contributed by atoms with Crippen LogP contribution in [0, 0.1) is 0 Å². The van der Waals surface area contributed by atoms with E-state index in [-0.39, 0.29) is 5.97 Å². The maximum absolute atomic E-state index is 10.5. The van der Waals surface area contributed by atoms with E-state index in [1.54, 1.807) is 19.9 Å². The highest BCUT2D eigenvalue weighted by Crippen LogP contribution is 1.92. The summed E-state index contributed by atoms with van der Waals surface area (Å²) in [7, 11) is 7.37. The summed E-state index contributed by atoms with van der Waals surface area (Å²) >= 11 is 0. The number of methoxy groups -OCH3 is 1. The quantitative estimate of drug-likeness (QED) is 0.442. The van der Waals surface area contributed by atoms with Crippen LogP contribution in [0.2, 0.25) is 0 Å². The number of hydrogen-bond acceptors (Lipinski definition) is 3. The monoisotopic (exact) mass is 173 g/mol. The largest absolute Gasteiger partial charge is 0.466 e. The van der Waals surface area contributed by atoms with Crippen molar-refractivity contribution in [3.8, 4) is 0 Å². The van der Waals surface area contributed by atoms with E-state index in [2.05, 4.69) is 4.74 Å². The minimum Gasteiger partial charge on any atom is -0.466 e. The van der Waals surface area contributed by atoms with E-state index in [0.717, 1.165) is 0 Å². The maximum atomic E-state index is 10.5. The standard InChI is InChI=1S/C6H10O2.C3H9N/c1-4-5(2)6(7)8-3;1-4(2)3/h4H,1-3H3;1-3H3. The molecule has 0 heterocycles.